The van der Waals surface area contributed by atoms with Crippen LogP contribution < -0.4 is 14.5 Å². The van der Waals surface area contributed by atoms with Gasteiger partial charge in [-0.3, -0.25) is 4.79 Å². The van der Waals surface area contributed by atoms with E-state index in [-0.39, 0.29) is 5.91 Å². The Morgan fingerprint density at radius 2 is 1.75 bits per heavy atom. The van der Waals surface area contributed by atoms with Gasteiger partial charge in [0.1, 0.15) is 17.2 Å². The second-order valence-electron chi connectivity index (χ2n) is 6.61. The van der Waals surface area contributed by atoms with Crippen LogP contribution in [0, 0.1) is 0 Å². The van der Waals surface area contributed by atoms with Crippen molar-refractivity contribution in [3.05, 3.63) is 83.0 Å². The van der Waals surface area contributed by atoms with Gasteiger partial charge in [0, 0.05) is 11.1 Å². The quantitative estimate of drug-likeness (QED) is 0.779. The fourth-order valence-electron chi connectivity index (χ4n) is 3.38. The zero-order valence-electron chi connectivity index (χ0n) is 16.1. The van der Waals surface area contributed by atoms with E-state index in [1.807, 2.05) is 49.4 Å². The highest BCUT2D eigenvalue weighted by atomic mass is 16.7. The van der Waals surface area contributed by atoms with Gasteiger partial charge in [-0.2, -0.15) is 0 Å². The van der Waals surface area contributed by atoms with Crippen molar-refractivity contribution in [2.24, 2.45) is 0 Å². The van der Waals surface area contributed by atoms with Gasteiger partial charge in [0.2, 0.25) is 0 Å². The summed E-state index contributed by atoms with van der Waals surface area (Å²) in [5.41, 5.74) is 4.02. The number of benzene rings is 2. The predicted octanol–water partition coefficient (Wildman–Crippen LogP) is 4.67. The Hall–Kier alpha value is -3.47. The topological polar surface area (TPSA) is 48.0 Å². The molecule has 0 spiro atoms. The molecule has 0 aromatic heterocycles. The van der Waals surface area contributed by atoms with Crippen molar-refractivity contribution < 1.29 is 19.1 Å². The fraction of sp³-hybridized carbons (Fsp3) is 0.174. The Balaban J connectivity index is 1.85. The second-order valence-corrected chi connectivity index (χ2v) is 6.61. The first kappa shape index (κ1) is 17.9. The summed E-state index contributed by atoms with van der Waals surface area (Å²) in [6.45, 7) is 1.99. The number of carbonyl (C=O) groups excluding carboxylic acids is 1. The molecule has 5 heteroatoms. The van der Waals surface area contributed by atoms with E-state index < -0.39 is 0 Å². The number of amides is 1. The summed E-state index contributed by atoms with van der Waals surface area (Å²) >= 11 is 0. The van der Waals surface area contributed by atoms with E-state index in [9.17, 15) is 4.79 Å². The zero-order valence-corrected chi connectivity index (χ0v) is 16.1. The maximum absolute atomic E-state index is 13.2. The molecular weight excluding hydrogens is 354 g/mol. The molecule has 0 N–H and O–H groups in total. The van der Waals surface area contributed by atoms with Crippen LogP contribution in [0.25, 0.3) is 5.76 Å². The molecule has 1 amide bonds. The standard InChI is InChI=1S/C23H21NO4/c1-15-8-13-18-19(14-15)23(25)24(20-6-4-5-7-21(20)27-3)28-22(18)16-9-11-17(26-2)12-10-16/h4-12,14H,13H2,1-3H3. The summed E-state index contributed by atoms with van der Waals surface area (Å²) in [4.78, 5) is 19.4. The first-order valence-corrected chi connectivity index (χ1v) is 9.04. The average Bonchev–Trinajstić information content (AvgIpc) is 2.74. The number of ether oxygens (including phenoxy) is 2. The Kier molecular flexibility index (Phi) is 4.65. The minimum Gasteiger partial charge on any atom is -0.497 e. The smallest absolute Gasteiger partial charge is 0.291 e. The monoisotopic (exact) mass is 375 g/mol. The molecule has 2 aromatic carbocycles. The fourth-order valence-corrected chi connectivity index (χ4v) is 3.38. The number of carbonyl (C=O) groups is 1. The van der Waals surface area contributed by atoms with Crippen molar-refractivity contribution in [3.63, 3.8) is 0 Å². The SMILES string of the molecule is COc1ccc(C2=C3CC=C(C)C=C3C(=O)N(c3ccccc3OC)O2)cc1. The third-order valence-electron chi connectivity index (χ3n) is 4.85. The van der Waals surface area contributed by atoms with Crippen LogP contribution in [-0.4, -0.2) is 20.1 Å². The van der Waals surface area contributed by atoms with Crippen molar-refractivity contribution >= 4 is 17.4 Å². The maximum Gasteiger partial charge on any atom is 0.291 e. The molecule has 1 heterocycles. The van der Waals surface area contributed by atoms with Crippen molar-refractivity contribution in [1.82, 2.24) is 0 Å². The van der Waals surface area contributed by atoms with Crippen LogP contribution in [0.1, 0.15) is 18.9 Å². The molecule has 2 aliphatic rings. The van der Waals surface area contributed by atoms with Gasteiger partial charge < -0.3 is 14.3 Å². The number of methoxy groups -OCH3 is 2. The largest absolute Gasteiger partial charge is 0.497 e. The van der Waals surface area contributed by atoms with E-state index in [4.69, 9.17) is 14.3 Å². The van der Waals surface area contributed by atoms with Crippen LogP contribution in [0.15, 0.2) is 77.4 Å². The van der Waals surface area contributed by atoms with Gasteiger partial charge in [-0.1, -0.05) is 23.8 Å². The highest BCUT2D eigenvalue weighted by Gasteiger charge is 2.35. The zero-order chi connectivity index (χ0) is 19.7. The van der Waals surface area contributed by atoms with Gasteiger partial charge in [-0.05, 0) is 55.8 Å². The molecule has 0 atom stereocenters. The van der Waals surface area contributed by atoms with Crippen LogP contribution in [0.3, 0.4) is 0 Å². The van der Waals surface area contributed by atoms with Crippen LogP contribution in [0.2, 0.25) is 0 Å². The van der Waals surface area contributed by atoms with E-state index in [1.54, 1.807) is 26.4 Å². The Labute approximate surface area is 164 Å². The lowest BCUT2D eigenvalue weighted by molar-refractivity contribution is -0.120. The third-order valence-corrected chi connectivity index (χ3v) is 4.85. The van der Waals surface area contributed by atoms with Gasteiger partial charge in [0.15, 0.2) is 5.76 Å². The average molecular weight is 375 g/mol. The highest BCUT2D eigenvalue weighted by Crippen LogP contribution is 2.41. The predicted molar refractivity (Wildman–Crippen MR) is 108 cm³/mol. The summed E-state index contributed by atoms with van der Waals surface area (Å²) in [6.07, 6.45) is 4.65. The van der Waals surface area contributed by atoms with E-state index >= 15 is 0 Å². The third kappa shape index (κ3) is 3.05. The number of hydrogen-bond donors (Lipinski definition) is 0. The Morgan fingerprint density at radius 1 is 1.00 bits per heavy atom. The van der Waals surface area contributed by atoms with Crippen LogP contribution >= 0.6 is 0 Å². The molecule has 4 rings (SSSR count). The molecule has 0 radical (unpaired) electrons. The van der Waals surface area contributed by atoms with Crippen molar-refractivity contribution in [3.8, 4) is 11.5 Å². The van der Waals surface area contributed by atoms with E-state index in [2.05, 4.69) is 6.08 Å². The molecule has 0 fully saturated rings. The number of hydroxylamine groups is 1. The molecule has 5 nitrogen and oxygen atoms in total. The molecule has 2 aromatic rings. The molecule has 1 aliphatic heterocycles. The maximum atomic E-state index is 13.2. The number of anilines is 1. The molecular formula is C23H21NO4. The minimum absolute atomic E-state index is 0.204. The number of fused-ring (bicyclic) bond motifs is 1. The summed E-state index contributed by atoms with van der Waals surface area (Å²) in [5.74, 6) is 1.78. The number of allylic oxidation sites excluding steroid dienone is 3. The summed E-state index contributed by atoms with van der Waals surface area (Å²) in [6, 6.07) is 14.9. The van der Waals surface area contributed by atoms with Crippen LogP contribution in [-0.2, 0) is 9.63 Å². The number of hydrogen-bond acceptors (Lipinski definition) is 4. The van der Waals surface area contributed by atoms with Gasteiger partial charge in [0.05, 0.1) is 19.8 Å². The van der Waals surface area contributed by atoms with Crippen molar-refractivity contribution in [1.29, 1.82) is 0 Å². The first-order chi connectivity index (χ1) is 13.6. The molecule has 0 unspecified atom stereocenters. The number of nitrogens with zero attached hydrogens (tertiary/aromatic N) is 1. The van der Waals surface area contributed by atoms with E-state index in [0.29, 0.717) is 29.2 Å². The summed E-state index contributed by atoms with van der Waals surface area (Å²) in [5, 5.41) is 1.31. The Morgan fingerprint density at radius 3 is 2.46 bits per heavy atom. The van der Waals surface area contributed by atoms with Crippen LogP contribution in [0.4, 0.5) is 5.69 Å². The molecule has 0 saturated heterocycles. The van der Waals surface area contributed by atoms with Crippen molar-refractivity contribution in [2.45, 2.75) is 13.3 Å². The van der Waals surface area contributed by atoms with Crippen LogP contribution in [0.5, 0.6) is 11.5 Å². The molecule has 0 saturated carbocycles. The number of rotatable bonds is 4. The minimum atomic E-state index is -0.204. The second kappa shape index (κ2) is 7.27. The first-order valence-electron chi connectivity index (χ1n) is 9.04. The Bertz CT molecular complexity index is 1020. The van der Waals surface area contributed by atoms with Gasteiger partial charge in [-0.15, -0.1) is 5.06 Å². The van der Waals surface area contributed by atoms with E-state index in [0.717, 1.165) is 22.5 Å². The van der Waals surface area contributed by atoms with Gasteiger partial charge in [-0.25, -0.2) is 0 Å². The van der Waals surface area contributed by atoms with E-state index in [1.165, 1.54) is 5.06 Å². The lowest BCUT2D eigenvalue weighted by Gasteiger charge is -2.33. The van der Waals surface area contributed by atoms with Gasteiger partial charge in [0.25, 0.3) is 5.91 Å². The summed E-state index contributed by atoms with van der Waals surface area (Å²) in [7, 11) is 3.21. The normalized spacial score (nSPS) is 16.1. The highest BCUT2D eigenvalue weighted by molar-refractivity contribution is 6.12. The lowest BCUT2D eigenvalue weighted by atomic mass is 9.90. The molecule has 0 bridgehead atoms. The molecule has 142 valence electrons. The number of para-hydroxylation sites is 2. The van der Waals surface area contributed by atoms with Crippen molar-refractivity contribution in [2.75, 3.05) is 19.3 Å². The van der Waals surface area contributed by atoms with Gasteiger partial charge >= 0.3 is 0 Å². The molecule has 28 heavy (non-hydrogen) atoms. The lowest BCUT2D eigenvalue weighted by Crippen LogP contribution is -2.37. The summed E-state index contributed by atoms with van der Waals surface area (Å²) < 4.78 is 10.7. The molecule has 1 aliphatic carbocycles.